The fraction of sp³-hybridized carbons (Fsp3) is 1.00. The van der Waals surface area contributed by atoms with Crippen LogP contribution in [0.4, 0.5) is 0 Å². The highest BCUT2D eigenvalue weighted by Gasteiger charge is 2.07. The molecule has 0 saturated heterocycles. The van der Waals surface area contributed by atoms with Crippen LogP contribution in [-0.2, 0) is 9.47 Å². The van der Waals surface area contributed by atoms with E-state index >= 15 is 0 Å². The maximum absolute atomic E-state index is 8.96. The molecule has 2 N–H and O–H groups in total. The zero-order valence-corrected chi connectivity index (χ0v) is 8.21. The highest BCUT2D eigenvalue weighted by Crippen LogP contribution is 2.07. The fourth-order valence-electron chi connectivity index (χ4n) is 0.585. The van der Waals surface area contributed by atoms with E-state index < -0.39 is 6.10 Å². The Hall–Kier alpha value is 0.190. The molecule has 0 bridgehead atoms. The Morgan fingerprint density at radius 3 is 2.25 bits per heavy atom. The lowest BCUT2D eigenvalue weighted by atomic mass is 10.4. The first-order valence-corrected chi connectivity index (χ1v) is 4.82. The van der Waals surface area contributed by atoms with Crippen molar-refractivity contribution in [2.45, 2.75) is 12.4 Å². The zero-order valence-electron chi connectivity index (χ0n) is 7.40. The highest BCUT2D eigenvalue weighted by molar-refractivity contribution is 7.99. The van der Waals surface area contributed by atoms with Crippen LogP contribution in [0.25, 0.3) is 0 Å². The molecule has 0 aromatic carbocycles. The summed E-state index contributed by atoms with van der Waals surface area (Å²) < 4.78 is 9.86. The minimum Gasteiger partial charge on any atom is -0.394 e. The molecule has 0 aliphatic rings. The Kier molecular flexibility index (Phi) is 7.94. The minimum absolute atomic E-state index is 0.197. The smallest absolute Gasteiger partial charge is 0.165 e. The minimum atomic E-state index is -0.649. The highest BCUT2D eigenvalue weighted by atomic mass is 32.2. The second kappa shape index (κ2) is 7.82. The predicted molar refractivity (Wildman–Crippen MR) is 48.2 cm³/mol. The average Bonchev–Trinajstić information content (AvgIpc) is 2.12. The molecule has 4 nitrogen and oxygen atoms in total. The molecule has 0 spiro atoms. The van der Waals surface area contributed by atoms with Gasteiger partial charge in [-0.15, -0.1) is 0 Å². The van der Waals surface area contributed by atoms with Crippen LogP contribution in [0.1, 0.15) is 0 Å². The van der Waals surface area contributed by atoms with Crippen molar-refractivity contribution in [3.8, 4) is 0 Å². The second-order valence-electron chi connectivity index (χ2n) is 2.27. The predicted octanol–water partition coefficient (Wildman–Crippen LogP) is -0.308. The molecule has 0 saturated carbocycles. The largest absolute Gasteiger partial charge is 0.394 e. The van der Waals surface area contributed by atoms with Crippen LogP contribution in [0.15, 0.2) is 0 Å². The summed E-state index contributed by atoms with van der Waals surface area (Å²) in [4.78, 5) is 0. The molecule has 1 unspecified atom stereocenters. The standard InChI is InChI=1S/C7H16O4S/c1-10-7(11-2)5-12-4-6(9)3-8/h6-9H,3-5H2,1-2H3. The summed E-state index contributed by atoms with van der Waals surface area (Å²) >= 11 is 1.48. The first-order chi connectivity index (χ1) is 5.74. The van der Waals surface area contributed by atoms with Gasteiger partial charge in [0.25, 0.3) is 0 Å². The Balaban J connectivity index is 3.28. The molecule has 5 heteroatoms. The van der Waals surface area contributed by atoms with E-state index in [9.17, 15) is 0 Å². The third-order valence-electron chi connectivity index (χ3n) is 1.30. The van der Waals surface area contributed by atoms with Gasteiger partial charge in [-0.1, -0.05) is 0 Å². The van der Waals surface area contributed by atoms with Crippen molar-refractivity contribution < 1.29 is 19.7 Å². The first-order valence-electron chi connectivity index (χ1n) is 3.66. The summed E-state index contributed by atoms with van der Waals surface area (Å²) in [5, 5.41) is 17.5. The van der Waals surface area contributed by atoms with E-state index in [0.29, 0.717) is 11.5 Å². The summed E-state index contributed by atoms with van der Waals surface area (Å²) in [5.74, 6) is 1.16. The van der Waals surface area contributed by atoms with Crippen molar-refractivity contribution in [1.82, 2.24) is 0 Å². The summed E-state index contributed by atoms with van der Waals surface area (Å²) in [6.07, 6.45) is -0.884. The number of aliphatic hydroxyl groups is 2. The number of aliphatic hydroxyl groups excluding tert-OH is 2. The van der Waals surface area contributed by atoms with E-state index in [-0.39, 0.29) is 12.9 Å². The Morgan fingerprint density at radius 2 is 1.83 bits per heavy atom. The van der Waals surface area contributed by atoms with E-state index in [1.165, 1.54) is 11.8 Å². The van der Waals surface area contributed by atoms with E-state index in [2.05, 4.69) is 0 Å². The summed E-state index contributed by atoms with van der Waals surface area (Å²) in [7, 11) is 3.13. The van der Waals surface area contributed by atoms with Crippen molar-refractivity contribution in [1.29, 1.82) is 0 Å². The molecule has 0 rings (SSSR count). The molecule has 1 atom stereocenters. The molecular formula is C7H16O4S. The van der Waals surface area contributed by atoms with Crippen LogP contribution in [0.5, 0.6) is 0 Å². The van der Waals surface area contributed by atoms with E-state index in [0.717, 1.165) is 0 Å². The molecule has 0 aromatic rings. The lowest BCUT2D eigenvalue weighted by Crippen LogP contribution is -2.20. The SMILES string of the molecule is COC(CSCC(O)CO)OC. The maximum atomic E-state index is 8.96. The summed E-state index contributed by atoms with van der Waals surface area (Å²) in [5.41, 5.74) is 0. The van der Waals surface area contributed by atoms with Gasteiger partial charge in [0.15, 0.2) is 6.29 Å². The number of hydrogen-bond acceptors (Lipinski definition) is 5. The maximum Gasteiger partial charge on any atom is 0.165 e. The van der Waals surface area contributed by atoms with Gasteiger partial charge in [-0.25, -0.2) is 0 Å². The number of hydrogen-bond donors (Lipinski definition) is 2. The van der Waals surface area contributed by atoms with E-state index in [1.807, 2.05) is 0 Å². The van der Waals surface area contributed by atoms with Gasteiger partial charge in [0.2, 0.25) is 0 Å². The van der Waals surface area contributed by atoms with Crippen LogP contribution in [0.3, 0.4) is 0 Å². The molecule has 12 heavy (non-hydrogen) atoms. The van der Waals surface area contributed by atoms with Crippen molar-refractivity contribution >= 4 is 11.8 Å². The Labute approximate surface area is 76.9 Å². The number of ether oxygens (including phenoxy) is 2. The molecule has 0 amide bonds. The molecule has 74 valence electrons. The van der Waals surface area contributed by atoms with Crippen molar-refractivity contribution in [2.24, 2.45) is 0 Å². The lowest BCUT2D eigenvalue weighted by Gasteiger charge is -2.13. The average molecular weight is 196 g/mol. The van der Waals surface area contributed by atoms with Gasteiger partial charge in [0.1, 0.15) is 0 Å². The van der Waals surface area contributed by atoms with Crippen LogP contribution in [0, 0.1) is 0 Å². The zero-order chi connectivity index (χ0) is 9.40. The van der Waals surface area contributed by atoms with Gasteiger partial charge in [-0.05, 0) is 0 Å². The fourth-order valence-corrected chi connectivity index (χ4v) is 1.56. The molecule has 0 fully saturated rings. The quantitative estimate of drug-likeness (QED) is 0.547. The topological polar surface area (TPSA) is 58.9 Å². The lowest BCUT2D eigenvalue weighted by molar-refractivity contribution is -0.0842. The Morgan fingerprint density at radius 1 is 1.25 bits per heavy atom. The molecule has 0 radical (unpaired) electrons. The number of thioether (sulfide) groups is 1. The van der Waals surface area contributed by atoms with Gasteiger partial charge >= 0.3 is 0 Å². The molecule has 0 aliphatic carbocycles. The van der Waals surface area contributed by atoms with Gasteiger partial charge in [-0.2, -0.15) is 11.8 Å². The van der Waals surface area contributed by atoms with Crippen molar-refractivity contribution in [3.63, 3.8) is 0 Å². The van der Waals surface area contributed by atoms with Crippen LogP contribution in [0.2, 0.25) is 0 Å². The monoisotopic (exact) mass is 196 g/mol. The van der Waals surface area contributed by atoms with Crippen LogP contribution < -0.4 is 0 Å². The normalized spacial score (nSPS) is 13.8. The number of methoxy groups -OCH3 is 2. The third kappa shape index (κ3) is 5.79. The van der Waals surface area contributed by atoms with Crippen molar-refractivity contribution in [2.75, 3.05) is 32.3 Å². The third-order valence-corrected chi connectivity index (χ3v) is 2.43. The summed E-state index contributed by atoms with van der Waals surface area (Å²) in [6, 6.07) is 0. The molecular weight excluding hydrogens is 180 g/mol. The second-order valence-corrected chi connectivity index (χ2v) is 3.35. The Bertz CT molecular complexity index is 97.4. The molecule has 0 aliphatic heterocycles. The van der Waals surface area contributed by atoms with Gasteiger partial charge in [0.05, 0.1) is 12.7 Å². The van der Waals surface area contributed by atoms with E-state index in [1.54, 1.807) is 14.2 Å². The first kappa shape index (κ1) is 12.2. The van der Waals surface area contributed by atoms with Gasteiger partial charge < -0.3 is 19.7 Å². The van der Waals surface area contributed by atoms with Gasteiger partial charge in [-0.3, -0.25) is 0 Å². The van der Waals surface area contributed by atoms with E-state index in [4.69, 9.17) is 19.7 Å². The van der Waals surface area contributed by atoms with Crippen LogP contribution >= 0.6 is 11.8 Å². The number of rotatable bonds is 7. The van der Waals surface area contributed by atoms with Crippen LogP contribution in [-0.4, -0.2) is 54.9 Å². The summed E-state index contributed by atoms with van der Waals surface area (Å²) in [6.45, 7) is -0.197. The molecule has 0 heterocycles. The van der Waals surface area contributed by atoms with Gasteiger partial charge in [0, 0.05) is 25.7 Å². The van der Waals surface area contributed by atoms with Crippen molar-refractivity contribution in [3.05, 3.63) is 0 Å². The molecule has 0 aromatic heterocycles.